The van der Waals surface area contributed by atoms with E-state index >= 15 is 0 Å². The Kier molecular flexibility index (Phi) is 9.03. The first-order chi connectivity index (χ1) is 7.97. The van der Waals surface area contributed by atoms with Gasteiger partial charge in [0.1, 0.15) is 0 Å². The molecule has 0 rings (SSSR count). The fraction of sp³-hybridized carbons (Fsp3) is 0.917. The van der Waals surface area contributed by atoms with E-state index in [-0.39, 0.29) is 13.0 Å². The summed E-state index contributed by atoms with van der Waals surface area (Å²) in [6, 6.07) is 0. The number of hydrogen-bond donors (Lipinski definition) is 2. The molecule has 2 N–H and O–H groups in total. The average molecular weight is 248 g/mol. The largest absolute Gasteiger partial charge is 0.481 e. The summed E-state index contributed by atoms with van der Waals surface area (Å²) in [5.41, 5.74) is 0. The lowest BCUT2D eigenvalue weighted by atomic mass is 9.92. The number of carboxylic acid groups (broad SMARTS) is 1. The molecule has 0 bridgehead atoms. The summed E-state index contributed by atoms with van der Waals surface area (Å²) in [4.78, 5) is 11.0. The summed E-state index contributed by atoms with van der Waals surface area (Å²) < 4.78 is 9.95. The lowest BCUT2D eigenvalue weighted by molar-refractivity contribution is -0.143. The van der Waals surface area contributed by atoms with Crippen molar-refractivity contribution in [3.8, 4) is 0 Å². The van der Waals surface area contributed by atoms with Crippen LogP contribution < -0.4 is 0 Å². The van der Waals surface area contributed by atoms with Gasteiger partial charge in [0, 0.05) is 7.11 Å². The van der Waals surface area contributed by atoms with Crippen molar-refractivity contribution in [1.29, 1.82) is 0 Å². The SMILES string of the molecule is COCCOCC(O)CC(CC(C)C)C(=O)O. The third-order valence-corrected chi connectivity index (χ3v) is 2.40. The quantitative estimate of drug-likeness (QED) is 0.567. The van der Waals surface area contributed by atoms with Crippen molar-refractivity contribution in [1.82, 2.24) is 0 Å². The van der Waals surface area contributed by atoms with Crippen LogP contribution in [0.1, 0.15) is 26.7 Å². The summed E-state index contributed by atoms with van der Waals surface area (Å²) in [5, 5.41) is 18.7. The third kappa shape index (κ3) is 9.09. The number of ether oxygens (including phenoxy) is 2. The van der Waals surface area contributed by atoms with Gasteiger partial charge in [-0.05, 0) is 18.8 Å². The molecule has 0 aromatic carbocycles. The highest BCUT2D eigenvalue weighted by Gasteiger charge is 2.22. The van der Waals surface area contributed by atoms with E-state index in [0.29, 0.717) is 25.6 Å². The number of aliphatic hydroxyl groups excluding tert-OH is 1. The van der Waals surface area contributed by atoms with Crippen LogP contribution in [-0.4, -0.2) is 49.2 Å². The number of carbonyl (C=O) groups is 1. The second-order valence-electron chi connectivity index (χ2n) is 4.62. The normalized spacial score (nSPS) is 14.9. The zero-order chi connectivity index (χ0) is 13.3. The van der Waals surface area contributed by atoms with Crippen LogP contribution in [0.2, 0.25) is 0 Å². The first kappa shape index (κ1) is 16.4. The number of rotatable bonds is 10. The van der Waals surface area contributed by atoms with Crippen molar-refractivity contribution >= 4 is 5.97 Å². The molecule has 0 saturated carbocycles. The van der Waals surface area contributed by atoms with Gasteiger partial charge < -0.3 is 19.7 Å². The molecule has 0 heterocycles. The van der Waals surface area contributed by atoms with Gasteiger partial charge in [-0.2, -0.15) is 0 Å². The molecule has 2 unspecified atom stereocenters. The zero-order valence-electron chi connectivity index (χ0n) is 10.9. The van der Waals surface area contributed by atoms with Crippen LogP contribution in [0, 0.1) is 11.8 Å². The molecular weight excluding hydrogens is 224 g/mol. The summed E-state index contributed by atoms with van der Waals surface area (Å²) in [7, 11) is 1.57. The number of hydrogen-bond acceptors (Lipinski definition) is 4. The fourth-order valence-electron chi connectivity index (χ4n) is 1.62. The molecule has 0 saturated heterocycles. The monoisotopic (exact) mass is 248 g/mol. The van der Waals surface area contributed by atoms with Crippen LogP contribution in [0.15, 0.2) is 0 Å². The first-order valence-electron chi connectivity index (χ1n) is 5.94. The Hall–Kier alpha value is -0.650. The van der Waals surface area contributed by atoms with Crippen molar-refractivity contribution in [2.24, 2.45) is 11.8 Å². The maximum atomic E-state index is 11.0. The summed E-state index contributed by atoms with van der Waals surface area (Å²) in [5.74, 6) is -1.05. The summed E-state index contributed by atoms with van der Waals surface area (Å²) in [6.45, 7) is 4.98. The Morgan fingerprint density at radius 2 is 1.88 bits per heavy atom. The van der Waals surface area contributed by atoms with Crippen LogP contribution in [0.3, 0.4) is 0 Å². The Morgan fingerprint density at radius 3 is 2.35 bits per heavy atom. The van der Waals surface area contributed by atoms with Gasteiger partial charge in [0.05, 0.1) is 31.8 Å². The molecule has 0 fully saturated rings. The number of methoxy groups -OCH3 is 1. The van der Waals surface area contributed by atoms with Crippen molar-refractivity contribution in [3.63, 3.8) is 0 Å². The molecule has 0 amide bonds. The van der Waals surface area contributed by atoms with E-state index in [1.807, 2.05) is 13.8 Å². The first-order valence-corrected chi connectivity index (χ1v) is 5.94. The predicted octanol–water partition coefficient (Wildman–Crippen LogP) is 1.15. The highest BCUT2D eigenvalue weighted by atomic mass is 16.5. The molecule has 0 aromatic rings. The Morgan fingerprint density at radius 1 is 1.24 bits per heavy atom. The minimum Gasteiger partial charge on any atom is -0.481 e. The zero-order valence-corrected chi connectivity index (χ0v) is 10.9. The topological polar surface area (TPSA) is 76.0 Å². The van der Waals surface area contributed by atoms with Gasteiger partial charge in [-0.25, -0.2) is 0 Å². The number of aliphatic hydroxyl groups is 1. The molecule has 0 aliphatic heterocycles. The van der Waals surface area contributed by atoms with E-state index in [2.05, 4.69) is 0 Å². The van der Waals surface area contributed by atoms with Gasteiger partial charge in [-0.15, -0.1) is 0 Å². The Labute approximate surface area is 103 Å². The van der Waals surface area contributed by atoms with Crippen LogP contribution in [0.4, 0.5) is 0 Å². The van der Waals surface area contributed by atoms with Gasteiger partial charge in [0.25, 0.3) is 0 Å². The maximum Gasteiger partial charge on any atom is 0.306 e. The summed E-state index contributed by atoms with van der Waals surface area (Å²) in [6.07, 6.45) is 0.0806. The second kappa shape index (κ2) is 9.39. The van der Waals surface area contributed by atoms with Crippen LogP contribution in [0.5, 0.6) is 0 Å². The fourth-order valence-corrected chi connectivity index (χ4v) is 1.62. The third-order valence-electron chi connectivity index (χ3n) is 2.40. The summed E-state index contributed by atoms with van der Waals surface area (Å²) >= 11 is 0. The minimum absolute atomic E-state index is 0.158. The minimum atomic E-state index is -0.852. The van der Waals surface area contributed by atoms with Gasteiger partial charge in [0.15, 0.2) is 0 Å². The number of carboxylic acids is 1. The van der Waals surface area contributed by atoms with Crippen molar-refractivity contribution in [3.05, 3.63) is 0 Å². The molecule has 0 radical (unpaired) electrons. The van der Waals surface area contributed by atoms with E-state index in [1.54, 1.807) is 7.11 Å². The van der Waals surface area contributed by atoms with Crippen LogP contribution >= 0.6 is 0 Å². The smallest absolute Gasteiger partial charge is 0.306 e. The lowest BCUT2D eigenvalue weighted by Crippen LogP contribution is -2.26. The van der Waals surface area contributed by atoms with Crippen LogP contribution in [-0.2, 0) is 14.3 Å². The van der Waals surface area contributed by atoms with E-state index in [0.717, 1.165) is 0 Å². The molecule has 5 heteroatoms. The molecule has 0 aliphatic carbocycles. The Bertz CT molecular complexity index is 205. The van der Waals surface area contributed by atoms with E-state index in [4.69, 9.17) is 14.6 Å². The molecule has 0 spiro atoms. The molecule has 5 nitrogen and oxygen atoms in total. The molecular formula is C12H24O5. The van der Waals surface area contributed by atoms with E-state index in [9.17, 15) is 9.90 Å². The molecule has 2 atom stereocenters. The van der Waals surface area contributed by atoms with Crippen LogP contribution in [0.25, 0.3) is 0 Å². The standard InChI is InChI=1S/C12H24O5/c1-9(2)6-10(12(14)15)7-11(13)8-17-5-4-16-3/h9-11,13H,4-8H2,1-3H3,(H,14,15). The maximum absolute atomic E-state index is 11.0. The predicted molar refractivity (Wildman–Crippen MR) is 63.9 cm³/mol. The molecule has 102 valence electrons. The molecule has 0 aliphatic rings. The van der Waals surface area contributed by atoms with Gasteiger partial charge >= 0.3 is 5.97 Å². The highest BCUT2D eigenvalue weighted by Crippen LogP contribution is 2.17. The number of aliphatic carboxylic acids is 1. The molecule has 17 heavy (non-hydrogen) atoms. The van der Waals surface area contributed by atoms with E-state index < -0.39 is 18.0 Å². The van der Waals surface area contributed by atoms with Crippen molar-refractivity contribution in [2.75, 3.05) is 26.9 Å². The molecule has 0 aromatic heterocycles. The van der Waals surface area contributed by atoms with Crippen molar-refractivity contribution in [2.45, 2.75) is 32.8 Å². The van der Waals surface area contributed by atoms with Gasteiger partial charge in [0.2, 0.25) is 0 Å². The lowest BCUT2D eigenvalue weighted by Gasteiger charge is -2.18. The second-order valence-corrected chi connectivity index (χ2v) is 4.62. The Balaban J connectivity index is 3.87. The van der Waals surface area contributed by atoms with Gasteiger partial charge in [-0.3, -0.25) is 4.79 Å². The average Bonchev–Trinajstić information content (AvgIpc) is 2.22. The highest BCUT2D eigenvalue weighted by molar-refractivity contribution is 5.69. The van der Waals surface area contributed by atoms with Gasteiger partial charge in [-0.1, -0.05) is 13.8 Å². The van der Waals surface area contributed by atoms with E-state index in [1.165, 1.54) is 0 Å². The van der Waals surface area contributed by atoms with Crippen molar-refractivity contribution < 1.29 is 24.5 Å².